The fourth-order valence-corrected chi connectivity index (χ4v) is 2.87. The maximum atomic E-state index is 12.2. The van der Waals surface area contributed by atoms with Gasteiger partial charge in [0.25, 0.3) is 5.91 Å². The van der Waals surface area contributed by atoms with Crippen molar-refractivity contribution in [2.24, 2.45) is 0 Å². The van der Waals surface area contributed by atoms with Crippen LogP contribution in [0.15, 0.2) is 52.5 Å². The predicted octanol–water partition coefficient (Wildman–Crippen LogP) is 4.41. The van der Waals surface area contributed by atoms with E-state index in [4.69, 9.17) is 4.42 Å². The second-order valence-electron chi connectivity index (χ2n) is 5.61. The van der Waals surface area contributed by atoms with Crippen LogP contribution >= 0.6 is 11.3 Å². The van der Waals surface area contributed by atoms with Crippen molar-refractivity contribution >= 4 is 17.2 Å². The van der Waals surface area contributed by atoms with Crippen molar-refractivity contribution in [3.63, 3.8) is 0 Å². The Hall–Kier alpha value is -2.65. The van der Waals surface area contributed by atoms with E-state index in [9.17, 15) is 18.0 Å². The van der Waals surface area contributed by atoms with E-state index in [1.807, 2.05) is 17.5 Å². The summed E-state index contributed by atoms with van der Waals surface area (Å²) in [6, 6.07) is 9.94. The van der Waals surface area contributed by atoms with Crippen molar-refractivity contribution in [3.8, 4) is 10.8 Å². The summed E-state index contributed by atoms with van der Waals surface area (Å²) >= 11 is 1.50. The van der Waals surface area contributed by atoms with E-state index < -0.39 is 12.8 Å². The molecule has 1 N–H and O–H groups in total. The number of carbonyl (C=O) groups excluding carboxylic acids is 1. The number of hydrogen-bond donors (Lipinski definition) is 1. The number of aromatic nitrogens is 1. The Kier molecular flexibility index (Phi) is 5.92. The third kappa shape index (κ3) is 5.66. The molecule has 0 aliphatic heterocycles. The van der Waals surface area contributed by atoms with E-state index in [0.29, 0.717) is 22.7 Å². The molecule has 2 heterocycles. The molecule has 0 aliphatic rings. The summed E-state index contributed by atoms with van der Waals surface area (Å²) in [5, 5.41) is 4.63. The average Bonchev–Trinajstić information content (AvgIpc) is 3.30. The molecule has 0 saturated heterocycles. The number of halogens is 3. The summed E-state index contributed by atoms with van der Waals surface area (Å²) < 4.78 is 46.1. The molecule has 5 nitrogen and oxygen atoms in total. The molecule has 0 saturated carbocycles. The third-order valence-corrected chi connectivity index (χ3v) is 4.32. The molecule has 0 unspecified atom stereocenters. The van der Waals surface area contributed by atoms with Crippen molar-refractivity contribution in [1.82, 2.24) is 10.3 Å². The molecule has 0 radical (unpaired) electrons. The van der Waals surface area contributed by atoms with Gasteiger partial charge < -0.3 is 14.5 Å². The van der Waals surface area contributed by atoms with Crippen molar-refractivity contribution in [3.05, 3.63) is 64.9 Å². The lowest BCUT2D eigenvalue weighted by atomic mass is 10.1. The monoisotopic (exact) mass is 396 g/mol. The molecular formula is C18H15F3N2O3S. The van der Waals surface area contributed by atoms with Crippen LogP contribution in [0.3, 0.4) is 0 Å². The van der Waals surface area contributed by atoms with Gasteiger partial charge in [0.05, 0.1) is 23.7 Å². The molecule has 27 heavy (non-hydrogen) atoms. The van der Waals surface area contributed by atoms with E-state index >= 15 is 0 Å². The van der Waals surface area contributed by atoms with Crippen molar-refractivity contribution < 1.29 is 27.1 Å². The molecule has 0 fully saturated rings. The molecule has 0 spiro atoms. The van der Waals surface area contributed by atoms with Crippen molar-refractivity contribution in [2.75, 3.05) is 6.61 Å². The lowest BCUT2D eigenvalue weighted by Crippen LogP contribution is -2.23. The lowest BCUT2D eigenvalue weighted by molar-refractivity contribution is -0.176. The number of carbonyl (C=O) groups is 1. The van der Waals surface area contributed by atoms with E-state index in [-0.39, 0.29) is 19.1 Å². The maximum Gasteiger partial charge on any atom is 0.411 e. The Morgan fingerprint density at radius 2 is 2.00 bits per heavy atom. The van der Waals surface area contributed by atoms with Crippen LogP contribution in [-0.2, 0) is 17.9 Å². The summed E-state index contributed by atoms with van der Waals surface area (Å²) in [7, 11) is 0. The molecule has 0 bridgehead atoms. The van der Waals surface area contributed by atoms with Gasteiger partial charge in [-0.2, -0.15) is 13.2 Å². The Balaban J connectivity index is 1.49. The minimum Gasteiger partial charge on any atom is -0.443 e. The Morgan fingerprint density at radius 1 is 1.22 bits per heavy atom. The Labute approximate surface area is 156 Å². The molecule has 1 aromatic carbocycles. The number of benzene rings is 1. The highest BCUT2D eigenvalue weighted by Gasteiger charge is 2.27. The number of amides is 1. The number of oxazole rings is 1. The largest absolute Gasteiger partial charge is 0.443 e. The number of nitrogens with zero attached hydrogens (tertiary/aromatic N) is 1. The Morgan fingerprint density at radius 3 is 2.67 bits per heavy atom. The topological polar surface area (TPSA) is 64.4 Å². The lowest BCUT2D eigenvalue weighted by Gasteiger charge is -2.08. The summed E-state index contributed by atoms with van der Waals surface area (Å²) in [6.45, 7) is -1.28. The number of alkyl halides is 3. The molecule has 0 aliphatic carbocycles. The van der Waals surface area contributed by atoms with Crippen LogP contribution in [0.5, 0.6) is 0 Å². The van der Waals surface area contributed by atoms with Gasteiger partial charge in [0.15, 0.2) is 0 Å². The highest BCUT2D eigenvalue weighted by molar-refractivity contribution is 7.13. The van der Waals surface area contributed by atoms with Gasteiger partial charge in [0, 0.05) is 5.56 Å². The van der Waals surface area contributed by atoms with Gasteiger partial charge in [0.2, 0.25) is 5.89 Å². The van der Waals surface area contributed by atoms with Gasteiger partial charge in [-0.15, -0.1) is 11.3 Å². The molecule has 9 heteroatoms. The van der Waals surface area contributed by atoms with Gasteiger partial charge in [-0.3, -0.25) is 4.79 Å². The standard InChI is InChI=1S/C18H15F3N2O3S/c19-18(20,21)11-25-9-12-3-5-13(6-4-12)16(24)22-8-14-10-26-17(23-14)15-2-1-7-27-15/h1-7,10H,8-9,11H2,(H,22,24). The number of hydrogen-bond acceptors (Lipinski definition) is 5. The number of nitrogens with one attached hydrogen (secondary N) is 1. The minimum absolute atomic E-state index is 0.175. The van der Waals surface area contributed by atoms with Gasteiger partial charge in [-0.05, 0) is 29.1 Å². The number of thiophene rings is 1. The summed E-state index contributed by atoms with van der Waals surface area (Å²) in [5.41, 5.74) is 1.52. The zero-order valence-electron chi connectivity index (χ0n) is 14.0. The Bertz CT molecular complexity index is 874. The second-order valence-corrected chi connectivity index (χ2v) is 6.56. The van der Waals surface area contributed by atoms with Crippen LogP contribution in [0.4, 0.5) is 13.2 Å². The van der Waals surface area contributed by atoms with Crippen LogP contribution in [0.25, 0.3) is 10.8 Å². The van der Waals surface area contributed by atoms with E-state index in [2.05, 4.69) is 15.0 Å². The molecule has 1 amide bonds. The normalized spacial score (nSPS) is 11.5. The molecule has 3 aromatic rings. The quantitative estimate of drug-likeness (QED) is 0.643. The second kappa shape index (κ2) is 8.36. The fourth-order valence-electron chi connectivity index (χ4n) is 2.21. The number of rotatable bonds is 7. The maximum absolute atomic E-state index is 12.2. The highest BCUT2D eigenvalue weighted by atomic mass is 32.1. The molecule has 142 valence electrons. The van der Waals surface area contributed by atoms with E-state index in [1.165, 1.54) is 29.7 Å². The van der Waals surface area contributed by atoms with E-state index in [1.54, 1.807) is 12.1 Å². The van der Waals surface area contributed by atoms with Gasteiger partial charge in [0.1, 0.15) is 12.9 Å². The predicted molar refractivity (Wildman–Crippen MR) is 93.1 cm³/mol. The first-order valence-electron chi connectivity index (χ1n) is 7.90. The molecular weight excluding hydrogens is 381 g/mol. The highest BCUT2D eigenvalue weighted by Crippen LogP contribution is 2.23. The van der Waals surface area contributed by atoms with Crippen LogP contribution in [0, 0.1) is 0 Å². The van der Waals surface area contributed by atoms with Crippen molar-refractivity contribution in [1.29, 1.82) is 0 Å². The summed E-state index contributed by atoms with van der Waals surface area (Å²) in [5.74, 6) is 0.177. The van der Waals surface area contributed by atoms with Gasteiger partial charge in [-0.1, -0.05) is 18.2 Å². The molecule has 2 aromatic heterocycles. The SMILES string of the molecule is O=C(NCc1coc(-c2cccs2)n1)c1ccc(COCC(F)(F)F)cc1. The van der Waals surface area contributed by atoms with Crippen LogP contribution in [0.2, 0.25) is 0 Å². The van der Waals surface area contributed by atoms with Gasteiger partial charge >= 0.3 is 6.18 Å². The van der Waals surface area contributed by atoms with Crippen LogP contribution < -0.4 is 5.32 Å². The molecule has 0 atom stereocenters. The first kappa shape index (κ1) is 19.1. The zero-order valence-corrected chi connectivity index (χ0v) is 14.8. The fraction of sp³-hybridized carbons (Fsp3) is 0.222. The third-order valence-electron chi connectivity index (χ3n) is 3.46. The van der Waals surface area contributed by atoms with Crippen molar-refractivity contribution in [2.45, 2.75) is 19.3 Å². The van der Waals surface area contributed by atoms with E-state index in [0.717, 1.165) is 4.88 Å². The average molecular weight is 396 g/mol. The first-order chi connectivity index (χ1) is 12.9. The van der Waals surface area contributed by atoms with Gasteiger partial charge in [-0.25, -0.2) is 4.98 Å². The molecule has 3 rings (SSSR count). The first-order valence-corrected chi connectivity index (χ1v) is 8.78. The summed E-state index contributed by atoms with van der Waals surface area (Å²) in [6.07, 6.45) is -2.87. The van der Waals surface area contributed by atoms with Crippen LogP contribution in [0.1, 0.15) is 21.6 Å². The zero-order chi connectivity index (χ0) is 19.3. The summed E-state index contributed by atoms with van der Waals surface area (Å²) in [4.78, 5) is 17.4. The smallest absolute Gasteiger partial charge is 0.411 e. The van der Waals surface area contributed by atoms with Crippen LogP contribution in [-0.4, -0.2) is 23.7 Å². The number of ether oxygens (including phenoxy) is 1. The minimum atomic E-state index is -4.36.